The standard InChI is InChI=1S/C25H22N2O4/c1-15-21(28)12-11-20(24(15)30)27-16(2)19-10-6-9-18(23(19)25(27)31)14-26-22(29)13-17-7-4-3-5-8-17/h3-10,20H,1-2,11-14H2,(H,26,29). The first-order chi connectivity index (χ1) is 14.9. The zero-order valence-corrected chi connectivity index (χ0v) is 17.0. The summed E-state index contributed by atoms with van der Waals surface area (Å²) >= 11 is 0. The van der Waals surface area contributed by atoms with Crippen LogP contribution in [0.3, 0.4) is 0 Å². The number of hydrogen-bond acceptors (Lipinski definition) is 4. The molecule has 1 atom stereocenters. The Morgan fingerprint density at radius 3 is 2.52 bits per heavy atom. The molecule has 1 fully saturated rings. The van der Waals surface area contributed by atoms with Gasteiger partial charge in [-0.25, -0.2) is 0 Å². The van der Waals surface area contributed by atoms with Crippen molar-refractivity contribution < 1.29 is 19.2 Å². The van der Waals surface area contributed by atoms with Gasteiger partial charge in [-0.05, 0) is 17.5 Å². The van der Waals surface area contributed by atoms with E-state index >= 15 is 0 Å². The lowest BCUT2D eigenvalue weighted by Gasteiger charge is -2.30. The van der Waals surface area contributed by atoms with Gasteiger partial charge in [-0.3, -0.25) is 24.1 Å². The molecule has 2 aromatic rings. The van der Waals surface area contributed by atoms with E-state index in [9.17, 15) is 19.2 Å². The van der Waals surface area contributed by atoms with Gasteiger partial charge in [-0.1, -0.05) is 61.7 Å². The molecule has 6 heteroatoms. The predicted octanol–water partition coefficient (Wildman–Crippen LogP) is 2.83. The van der Waals surface area contributed by atoms with Gasteiger partial charge in [0, 0.05) is 24.2 Å². The maximum atomic E-state index is 13.3. The molecule has 1 saturated carbocycles. The molecule has 1 aliphatic heterocycles. The van der Waals surface area contributed by atoms with Crippen molar-refractivity contribution in [3.8, 4) is 0 Å². The molecule has 0 saturated heterocycles. The first-order valence-corrected chi connectivity index (χ1v) is 10.1. The second kappa shape index (κ2) is 8.14. The van der Waals surface area contributed by atoms with Crippen LogP contribution in [0.5, 0.6) is 0 Å². The summed E-state index contributed by atoms with van der Waals surface area (Å²) in [6.45, 7) is 7.79. The first kappa shape index (κ1) is 20.5. The molecule has 156 valence electrons. The number of nitrogens with zero attached hydrogens (tertiary/aromatic N) is 1. The fourth-order valence-electron chi connectivity index (χ4n) is 4.12. The monoisotopic (exact) mass is 414 g/mol. The number of hydrogen-bond donors (Lipinski definition) is 1. The molecule has 0 radical (unpaired) electrons. The highest BCUT2D eigenvalue weighted by Gasteiger charge is 2.43. The van der Waals surface area contributed by atoms with Crippen LogP contribution in [0.4, 0.5) is 0 Å². The zero-order valence-electron chi connectivity index (χ0n) is 17.0. The number of carbonyl (C=O) groups is 4. The van der Waals surface area contributed by atoms with Gasteiger partial charge in [0.1, 0.15) is 6.04 Å². The van der Waals surface area contributed by atoms with E-state index in [0.29, 0.717) is 22.4 Å². The van der Waals surface area contributed by atoms with E-state index in [1.807, 2.05) is 30.3 Å². The summed E-state index contributed by atoms with van der Waals surface area (Å²) in [5, 5.41) is 2.86. The van der Waals surface area contributed by atoms with Gasteiger partial charge in [0.15, 0.2) is 11.6 Å². The Kier molecular flexibility index (Phi) is 5.38. The minimum Gasteiger partial charge on any atom is -0.352 e. The third-order valence-electron chi connectivity index (χ3n) is 5.76. The SMILES string of the molecule is C=C1C(=O)CCC(N2C(=C)c3cccc(CNC(=O)Cc4ccccc4)c3C2=O)C1=O. The van der Waals surface area contributed by atoms with Crippen molar-refractivity contribution in [3.05, 3.63) is 89.5 Å². The van der Waals surface area contributed by atoms with Crippen LogP contribution in [-0.4, -0.2) is 34.3 Å². The number of amides is 2. The molecule has 0 bridgehead atoms. The Morgan fingerprint density at radius 1 is 1.03 bits per heavy atom. The number of rotatable bonds is 5. The van der Waals surface area contributed by atoms with Gasteiger partial charge in [0.2, 0.25) is 5.91 Å². The van der Waals surface area contributed by atoms with Gasteiger partial charge in [-0.15, -0.1) is 0 Å². The largest absolute Gasteiger partial charge is 0.352 e. The summed E-state index contributed by atoms with van der Waals surface area (Å²) < 4.78 is 0. The molecule has 4 rings (SSSR count). The highest BCUT2D eigenvalue weighted by atomic mass is 16.2. The molecule has 31 heavy (non-hydrogen) atoms. The average molecular weight is 414 g/mol. The molecule has 2 aromatic carbocycles. The van der Waals surface area contributed by atoms with Crippen molar-refractivity contribution in [1.82, 2.24) is 10.2 Å². The molecule has 6 nitrogen and oxygen atoms in total. The summed E-state index contributed by atoms with van der Waals surface area (Å²) in [4.78, 5) is 51.4. The molecule has 1 N–H and O–H groups in total. The number of ketones is 2. The maximum Gasteiger partial charge on any atom is 0.259 e. The third kappa shape index (κ3) is 3.72. The lowest BCUT2D eigenvalue weighted by Crippen LogP contribution is -2.45. The van der Waals surface area contributed by atoms with Crippen LogP contribution in [0.2, 0.25) is 0 Å². The van der Waals surface area contributed by atoms with Gasteiger partial charge in [0.05, 0.1) is 17.6 Å². The molecule has 2 amide bonds. The molecule has 1 unspecified atom stereocenters. The Hall–Kier alpha value is -3.80. The number of Topliss-reactive ketones (excluding diaryl/α,β-unsaturated/α-hetero) is 2. The predicted molar refractivity (Wildman–Crippen MR) is 116 cm³/mol. The Bertz CT molecular complexity index is 1130. The van der Waals surface area contributed by atoms with Gasteiger partial charge in [0.25, 0.3) is 5.91 Å². The number of benzene rings is 2. The molecule has 2 aliphatic rings. The summed E-state index contributed by atoms with van der Waals surface area (Å²) in [5.74, 6) is -1.20. The van der Waals surface area contributed by atoms with Gasteiger partial charge >= 0.3 is 0 Å². The fourth-order valence-corrected chi connectivity index (χ4v) is 4.12. The van der Waals surface area contributed by atoms with Gasteiger partial charge < -0.3 is 5.32 Å². The Labute approximate surface area is 180 Å². The van der Waals surface area contributed by atoms with Crippen LogP contribution in [0.15, 0.2) is 67.3 Å². The van der Waals surface area contributed by atoms with Crippen molar-refractivity contribution in [2.75, 3.05) is 0 Å². The molecule has 1 heterocycles. The number of carbonyl (C=O) groups excluding carboxylic acids is 4. The molecule has 0 aromatic heterocycles. The second-order valence-electron chi connectivity index (χ2n) is 7.72. The van der Waals surface area contributed by atoms with Crippen LogP contribution < -0.4 is 5.32 Å². The molecule has 0 spiro atoms. The van der Waals surface area contributed by atoms with Crippen LogP contribution in [0.25, 0.3) is 5.70 Å². The fraction of sp³-hybridized carbons (Fsp3) is 0.200. The van der Waals surface area contributed by atoms with E-state index in [1.54, 1.807) is 18.2 Å². The maximum absolute atomic E-state index is 13.3. The van der Waals surface area contributed by atoms with E-state index in [1.165, 1.54) is 4.90 Å². The highest BCUT2D eigenvalue weighted by Crippen LogP contribution is 2.38. The van der Waals surface area contributed by atoms with Crippen molar-refractivity contribution in [2.24, 2.45) is 0 Å². The smallest absolute Gasteiger partial charge is 0.259 e. The molecular weight excluding hydrogens is 392 g/mol. The van der Waals surface area contributed by atoms with Crippen LogP contribution in [-0.2, 0) is 27.3 Å². The first-order valence-electron chi connectivity index (χ1n) is 10.1. The Morgan fingerprint density at radius 2 is 1.77 bits per heavy atom. The van der Waals surface area contributed by atoms with E-state index in [4.69, 9.17) is 0 Å². The summed E-state index contributed by atoms with van der Waals surface area (Å²) in [6, 6.07) is 14.0. The zero-order chi connectivity index (χ0) is 22.1. The average Bonchev–Trinajstić information content (AvgIpc) is 3.02. The van der Waals surface area contributed by atoms with Crippen molar-refractivity contribution in [1.29, 1.82) is 0 Å². The van der Waals surface area contributed by atoms with Crippen molar-refractivity contribution >= 4 is 29.1 Å². The Balaban J connectivity index is 1.53. The topological polar surface area (TPSA) is 83.6 Å². The second-order valence-corrected chi connectivity index (χ2v) is 7.72. The van der Waals surface area contributed by atoms with Crippen LogP contribution >= 0.6 is 0 Å². The summed E-state index contributed by atoms with van der Waals surface area (Å²) in [7, 11) is 0. The lowest BCUT2D eigenvalue weighted by atomic mass is 9.88. The lowest BCUT2D eigenvalue weighted by molar-refractivity contribution is -0.126. The number of nitrogens with one attached hydrogen (secondary N) is 1. The summed E-state index contributed by atoms with van der Waals surface area (Å²) in [6.07, 6.45) is 0.666. The van der Waals surface area contributed by atoms with Crippen LogP contribution in [0.1, 0.15) is 39.9 Å². The van der Waals surface area contributed by atoms with E-state index < -0.39 is 11.8 Å². The highest BCUT2D eigenvalue weighted by molar-refractivity contribution is 6.25. The van der Waals surface area contributed by atoms with E-state index in [0.717, 1.165) is 5.56 Å². The van der Waals surface area contributed by atoms with E-state index in [2.05, 4.69) is 18.5 Å². The minimum atomic E-state index is -0.780. The number of fused-ring (bicyclic) bond motifs is 1. The minimum absolute atomic E-state index is 0.0683. The van der Waals surface area contributed by atoms with Crippen molar-refractivity contribution in [3.63, 3.8) is 0 Å². The quantitative estimate of drug-likeness (QED) is 0.602. The summed E-state index contributed by atoms with van der Waals surface area (Å²) in [5.41, 5.74) is 2.99. The van der Waals surface area contributed by atoms with E-state index in [-0.39, 0.29) is 49.0 Å². The molecule has 1 aliphatic carbocycles. The van der Waals surface area contributed by atoms with Crippen LogP contribution in [0, 0.1) is 0 Å². The normalized spacial score (nSPS) is 18.4. The third-order valence-corrected chi connectivity index (χ3v) is 5.76. The molecular formula is C25H22N2O4. The van der Waals surface area contributed by atoms with Crippen molar-refractivity contribution in [2.45, 2.75) is 31.8 Å². The van der Waals surface area contributed by atoms with Gasteiger partial charge in [-0.2, -0.15) is 0 Å².